The summed E-state index contributed by atoms with van der Waals surface area (Å²) in [6.45, 7) is 17.3. The van der Waals surface area contributed by atoms with E-state index >= 15 is 0 Å². The number of hydrogen-bond acceptors (Lipinski definition) is 4. The van der Waals surface area contributed by atoms with Gasteiger partial charge in [-0.25, -0.2) is 0 Å². The van der Waals surface area contributed by atoms with E-state index in [4.69, 9.17) is 4.99 Å². The van der Waals surface area contributed by atoms with Crippen molar-refractivity contribution < 1.29 is 0 Å². The van der Waals surface area contributed by atoms with Gasteiger partial charge in [0.05, 0.1) is 6.54 Å². The van der Waals surface area contributed by atoms with Crippen LogP contribution in [-0.4, -0.2) is 87.2 Å². The lowest BCUT2D eigenvalue weighted by molar-refractivity contribution is 0.140. The van der Waals surface area contributed by atoms with E-state index < -0.39 is 0 Å². The van der Waals surface area contributed by atoms with E-state index in [2.05, 4.69) is 70.4 Å². The molecule has 0 spiro atoms. The number of nitrogens with one attached hydrogen (secondary N) is 2. The Morgan fingerprint density at radius 3 is 2.43 bits per heavy atom. The first-order valence-electron chi connectivity index (χ1n) is 11.0. The zero-order chi connectivity index (χ0) is 19.8. The monoisotopic (exact) mass is 386 g/mol. The van der Waals surface area contributed by atoms with Gasteiger partial charge in [0.15, 0.2) is 5.96 Å². The lowest BCUT2D eigenvalue weighted by Crippen LogP contribution is -2.47. The minimum atomic E-state index is 0.451. The van der Waals surface area contributed by atoms with Gasteiger partial charge in [-0.3, -0.25) is 9.89 Å². The summed E-state index contributed by atoms with van der Waals surface area (Å²) in [7, 11) is 0. The highest BCUT2D eigenvalue weighted by Crippen LogP contribution is 2.20. The Bertz CT molecular complexity index is 606. The van der Waals surface area contributed by atoms with E-state index in [1.807, 2.05) is 0 Å². The molecule has 0 aromatic heterocycles. The molecule has 0 radical (unpaired) electrons. The highest BCUT2D eigenvalue weighted by atomic mass is 15.3. The third-order valence-electron chi connectivity index (χ3n) is 5.87. The molecule has 2 fully saturated rings. The van der Waals surface area contributed by atoms with Crippen molar-refractivity contribution in [1.82, 2.24) is 20.4 Å². The molecule has 1 aromatic carbocycles. The van der Waals surface area contributed by atoms with Crippen LogP contribution in [0.5, 0.6) is 0 Å². The number of rotatable bonds is 7. The Hall–Kier alpha value is -1.79. The van der Waals surface area contributed by atoms with E-state index in [1.165, 1.54) is 44.0 Å². The summed E-state index contributed by atoms with van der Waals surface area (Å²) in [5.74, 6) is 0.963. The smallest absolute Gasteiger partial charge is 0.191 e. The molecule has 3 rings (SSSR count). The number of hydrogen-bond donors (Lipinski definition) is 2. The molecule has 1 unspecified atom stereocenters. The molecule has 0 amide bonds. The number of benzene rings is 1. The van der Waals surface area contributed by atoms with Gasteiger partial charge in [-0.15, -0.1) is 0 Å². The number of guanidine groups is 1. The van der Waals surface area contributed by atoms with Crippen molar-refractivity contribution >= 4 is 11.6 Å². The van der Waals surface area contributed by atoms with Crippen LogP contribution in [0.25, 0.3) is 0 Å². The summed E-state index contributed by atoms with van der Waals surface area (Å²) < 4.78 is 0. The number of anilines is 1. The van der Waals surface area contributed by atoms with Crippen LogP contribution in [0.3, 0.4) is 0 Å². The van der Waals surface area contributed by atoms with Crippen molar-refractivity contribution in [3.05, 3.63) is 29.8 Å². The normalized spacial score (nSPS) is 21.9. The molecule has 0 aliphatic carbocycles. The summed E-state index contributed by atoms with van der Waals surface area (Å²) in [6, 6.07) is 9.31. The number of aliphatic imine (C=N–C) groups is 1. The summed E-state index contributed by atoms with van der Waals surface area (Å²) in [5, 5.41) is 7.07. The topological polar surface area (TPSA) is 46.1 Å². The molecule has 1 aromatic rings. The molecule has 2 saturated heterocycles. The SMILES string of the molecule is CCNC(=NCCN1CCN(CC)CC1)NC1CCN(c2ccc(C)cc2)C1. The Balaban J connectivity index is 1.45. The first-order chi connectivity index (χ1) is 13.7. The van der Waals surface area contributed by atoms with Crippen LogP contribution < -0.4 is 15.5 Å². The molecule has 2 heterocycles. The van der Waals surface area contributed by atoms with Gasteiger partial charge in [0.2, 0.25) is 0 Å². The number of piperazine rings is 1. The Labute approximate surface area is 171 Å². The molecule has 0 bridgehead atoms. The summed E-state index contributed by atoms with van der Waals surface area (Å²) in [4.78, 5) is 12.4. The average molecular weight is 387 g/mol. The third kappa shape index (κ3) is 6.11. The van der Waals surface area contributed by atoms with Gasteiger partial charge in [0.25, 0.3) is 0 Å². The molecule has 2 aliphatic heterocycles. The average Bonchev–Trinajstić information content (AvgIpc) is 3.17. The molecule has 156 valence electrons. The van der Waals surface area contributed by atoms with Gasteiger partial charge in [0.1, 0.15) is 0 Å². The highest BCUT2D eigenvalue weighted by molar-refractivity contribution is 5.80. The molecular formula is C22H38N6. The van der Waals surface area contributed by atoms with Gasteiger partial charge in [-0.2, -0.15) is 0 Å². The molecule has 2 aliphatic rings. The maximum atomic E-state index is 4.84. The van der Waals surface area contributed by atoms with Gasteiger partial charge in [0, 0.05) is 64.1 Å². The fraction of sp³-hybridized carbons (Fsp3) is 0.682. The van der Waals surface area contributed by atoms with Crippen molar-refractivity contribution in [3.8, 4) is 0 Å². The quantitative estimate of drug-likeness (QED) is 0.552. The predicted molar refractivity (Wildman–Crippen MR) is 119 cm³/mol. The fourth-order valence-electron chi connectivity index (χ4n) is 4.01. The van der Waals surface area contributed by atoms with Gasteiger partial charge < -0.3 is 20.4 Å². The Kier molecular flexibility index (Phi) is 7.98. The molecule has 28 heavy (non-hydrogen) atoms. The maximum Gasteiger partial charge on any atom is 0.191 e. The third-order valence-corrected chi connectivity index (χ3v) is 5.87. The largest absolute Gasteiger partial charge is 0.369 e. The first kappa shape index (κ1) is 20.9. The Morgan fingerprint density at radius 2 is 1.75 bits per heavy atom. The number of aryl methyl sites for hydroxylation is 1. The van der Waals surface area contributed by atoms with Gasteiger partial charge >= 0.3 is 0 Å². The van der Waals surface area contributed by atoms with Crippen molar-refractivity contribution in [1.29, 1.82) is 0 Å². The lowest BCUT2D eigenvalue weighted by Gasteiger charge is -2.33. The minimum absolute atomic E-state index is 0.451. The molecule has 1 atom stereocenters. The van der Waals surface area contributed by atoms with E-state index in [-0.39, 0.29) is 0 Å². The zero-order valence-electron chi connectivity index (χ0n) is 18.0. The van der Waals surface area contributed by atoms with Gasteiger partial charge in [-0.05, 0) is 38.9 Å². The molecular weight excluding hydrogens is 348 g/mol. The van der Waals surface area contributed by atoms with Gasteiger partial charge in [-0.1, -0.05) is 24.6 Å². The minimum Gasteiger partial charge on any atom is -0.369 e. The number of likely N-dealkylation sites (N-methyl/N-ethyl adjacent to an activating group) is 1. The van der Waals surface area contributed by atoms with Crippen LogP contribution in [0.2, 0.25) is 0 Å². The second-order valence-electron chi connectivity index (χ2n) is 7.95. The summed E-state index contributed by atoms with van der Waals surface area (Å²) in [5.41, 5.74) is 2.64. The Morgan fingerprint density at radius 1 is 1.04 bits per heavy atom. The predicted octanol–water partition coefficient (Wildman–Crippen LogP) is 1.77. The second-order valence-corrected chi connectivity index (χ2v) is 7.95. The standard InChI is InChI=1S/C22H38N6/c1-4-23-22(24-11-13-27-16-14-26(5-2)15-17-27)25-20-10-12-28(18-20)21-8-6-19(3)7-9-21/h6-9,20H,4-5,10-18H2,1-3H3,(H2,23,24,25). The van der Waals surface area contributed by atoms with Crippen molar-refractivity contribution in [2.75, 3.05) is 70.3 Å². The fourth-order valence-corrected chi connectivity index (χ4v) is 4.01. The highest BCUT2D eigenvalue weighted by Gasteiger charge is 2.23. The van der Waals surface area contributed by atoms with Crippen molar-refractivity contribution in [2.45, 2.75) is 33.2 Å². The van der Waals surface area contributed by atoms with Crippen molar-refractivity contribution in [3.63, 3.8) is 0 Å². The molecule has 6 nitrogen and oxygen atoms in total. The van der Waals surface area contributed by atoms with E-state index in [9.17, 15) is 0 Å². The lowest BCUT2D eigenvalue weighted by atomic mass is 10.2. The van der Waals surface area contributed by atoms with Crippen LogP contribution in [0, 0.1) is 6.92 Å². The summed E-state index contributed by atoms with van der Waals surface area (Å²) >= 11 is 0. The molecule has 6 heteroatoms. The van der Waals surface area contributed by atoms with E-state index in [0.717, 1.165) is 45.1 Å². The first-order valence-corrected chi connectivity index (χ1v) is 11.0. The van der Waals surface area contributed by atoms with Crippen LogP contribution in [0.4, 0.5) is 5.69 Å². The van der Waals surface area contributed by atoms with E-state index in [1.54, 1.807) is 0 Å². The zero-order valence-corrected chi connectivity index (χ0v) is 18.0. The van der Waals surface area contributed by atoms with Crippen LogP contribution in [-0.2, 0) is 0 Å². The maximum absolute atomic E-state index is 4.84. The second kappa shape index (κ2) is 10.7. The summed E-state index contributed by atoms with van der Waals surface area (Å²) in [6.07, 6.45) is 1.15. The molecule has 0 saturated carbocycles. The van der Waals surface area contributed by atoms with E-state index in [0.29, 0.717) is 6.04 Å². The van der Waals surface area contributed by atoms with Crippen LogP contribution >= 0.6 is 0 Å². The molecule has 2 N–H and O–H groups in total. The van der Waals surface area contributed by atoms with Crippen LogP contribution in [0.15, 0.2) is 29.3 Å². The number of nitrogens with zero attached hydrogens (tertiary/aromatic N) is 4. The van der Waals surface area contributed by atoms with Crippen molar-refractivity contribution in [2.24, 2.45) is 4.99 Å². The van der Waals surface area contributed by atoms with Crippen LogP contribution in [0.1, 0.15) is 25.8 Å².